The van der Waals surface area contributed by atoms with Gasteiger partial charge in [-0.25, -0.2) is 4.79 Å². The quantitative estimate of drug-likeness (QED) is 0.925. The molecular weight excluding hydrogens is 298 g/mol. The molecule has 1 heterocycles. The fourth-order valence-corrected chi connectivity index (χ4v) is 3.45. The molecule has 0 radical (unpaired) electrons. The zero-order valence-corrected chi connectivity index (χ0v) is 13.2. The van der Waals surface area contributed by atoms with Crippen LogP contribution in [0.1, 0.15) is 42.5 Å². The Balaban J connectivity index is 1.94. The number of aliphatic carboxylic acids is 1. The van der Waals surface area contributed by atoms with Gasteiger partial charge in [0, 0.05) is 7.05 Å². The molecule has 0 unspecified atom stereocenters. The molecule has 1 aromatic rings. The topological polar surface area (TPSA) is 76.1 Å². The normalized spacial score (nSPS) is 19.0. The Labute approximate surface area is 135 Å². The van der Waals surface area contributed by atoms with Crippen molar-refractivity contribution in [1.29, 1.82) is 0 Å². The van der Waals surface area contributed by atoms with E-state index in [4.69, 9.17) is 9.47 Å². The molecule has 1 amide bonds. The van der Waals surface area contributed by atoms with E-state index < -0.39 is 11.5 Å². The second-order valence-electron chi connectivity index (χ2n) is 6.09. The van der Waals surface area contributed by atoms with Gasteiger partial charge in [0.05, 0.1) is 5.56 Å². The number of amides is 1. The van der Waals surface area contributed by atoms with E-state index in [1.54, 1.807) is 25.2 Å². The van der Waals surface area contributed by atoms with Gasteiger partial charge in [0.15, 0.2) is 11.5 Å². The Morgan fingerprint density at radius 1 is 1.13 bits per heavy atom. The molecule has 1 saturated carbocycles. The number of likely N-dealkylation sites (N-methyl/N-ethyl adjacent to an activating group) is 1. The third-order valence-corrected chi connectivity index (χ3v) is 4.82. The number of carboxylic acids is 1. The highest BCUT2D eigenvalue weighted by atomic mass is 16.6. The monoisotopic (exact) mass is 319 g/mol. The summed E-state index contributed by atoms with van der Waals surface area (Å²) in [5.74, 6) is -0.331. The molecule has 23 heavy (non-hydrogen) atoms. The van der Waals surface area contributed by atoms with Crippen LogP contribution in [0.25, 0.3) is 0 Å². The maximum Gasteiger partial charge on any atom is 0.329 e. The van der Waals surface area contributed by atoms with Gasteiger partial charge in [-0.05, 0) is 25.0 Å². The molecule has 0 bridgehead atoms. The van der Waals surface area contributed by atoms with Crippen molar-refractivity contribution >= 4 is 11.9 Å². The molecule has 1 N–H and O–H groups in total. The summed E-state index contributed by atoms with van der Waals surface area (Å²) < 4.78 is 11.1. The van der Waals surface area contributed by atoms with Crippen molar-refractivity contribution < 1.29 is 24.2 Å². The van der Waals surface area contributed by atoms with Crippen LogP contribution in [0.3, 0.4) is 0 Å². The van der Waals surface area contributed by atoms with E-state index in [1.165, 1.54) is 4.90 Å². The Kier molecular flexibility index (Phi) is 4.15. The predicted octanol–water partition coefficient (Wildman–Crippen LogP) is 2.32. The van der Waals surface area contributed by atoms with Gasteiger partial charge in [0.2, 0.25) is 0 Å². The molecular formula is C17H21NO5. The van der Waals surface area contributed by atoms with Crippen molar-refractivity contribution in [2.24, 2.45) is 0 Å². The van der Waals surface area contributed by atoms with Crippen LogP contribution in [-0.2, 0) is 4.79 Å². The number of rotatable bonds is 3. The molecule has 0 aromatic heterocycles. The van der Waals surface area contributed by atoms with Crippen LogP contribution < -0.4 is 9.47 Å². The van der Waals surface area contributed by atoms with Crippen molar-refractivity contribution in [2.75, 3.05) is 20.3 Å². The predicted molar refractivity (Wildman–Crippen MR) is 83.0 cm³/mol. The first-order chi connectivity index (χ1) is 11.1. The minimum atomic E-state index is -1.13. The highest BCUT2D eigenvalue weighted by Crippen LogP contribution is 2.38. The summed E-state index contributed by atoms with van der Waals surface area (Å²) in [7, 11) is 1.57. The van der Waals surface area contributed by atoms with E-state index in [2.05, 4.69) is 0 Å². The average Bonchev–Trinajstić information content (AvgIpc) is 2.60. The van der Waals surface area contributed by atoms with Gasteiger partial charge in [-0.15, -0.1) is 0 Å². The Morgan fingerprint density at radius 2 is 1.83 bits per heavy atom. The summed E-state index contributed by atoms with van der Waals surface area (Å²) in [4.78, 5) is 26.2. The average molecular weight is 319 g/mol. The third kappa shape index (κ3) is 2.62. The van der Waals surface area contributed by atoms with Gasteiger partial charge in [-0.1, -0.05) is 25.3 Å². The first kappa shape index (κ1) is 15.6. The van der Waals surface area contributed by atoms with Crippen LogP contribution in [0, 0.1) is 0 Å². The van der Waals surface area contributed by atoms with E-state index in [1.807, 2.05) is 0 Å². The van der Waals surface area contributed by atoms with Crippen LogP contribution in [-0.4, -0.2) is 47.7 Å². The SMILES string of the molecule is CN(C(=O)c1cccc2c1OCCO2)C1(C(=O)O)CCCCC1. The van der Waals surface area contributed by atoms with Crippen molar-refractivity contribution in [3.63, 3.8) is 0 Å². The van der Waals surface area contributed by atoms with Gasteiger partial charge in [0.1, 0.15) is 18.8 Å². The first-order valence-corrected chi connectivity index (χ1v) is 7.96. The number of hydrogen-bond acceptors (Lipinski definition) is 4. The Bertz CT molecular complexity index is 621. The van der Waals surface area contributed by atoms with Gasteiger partial charge >= 0.3 is 5.97 Å². The Hall–Kier alpha value is -2.24. The summed E-state index contributed by atoms with van der Waals surface area (Å²) in [6, 6.07) is 5.13. The second-order valence-corrected chi connectivity index (χ2v) is 6.09. The number of hydrogen-bond donors (Lipinski definition) is 1. The molecule has 3 rings (SSSR count). The highest BCUT2D eigenvalue weighted by molar-refractivity contribution is 6.00. The smallest absolute Gasteiger partial charge is 0.329 e. The minimum Gasteiger partial charge on any atom is -0.486 e. The molecule has 0 atom stereocenters. The van der Waals surface area contributed by atoms with E-state index in [0.717, 1.165) is 19.3 Å². The van der Waals surface area contributed by atoms with Gasteiger partial charge in [-0.2, -0.15) is 0 Å². The lowest BCUT2D eigenvalue weighted by atomic mass is 9.80. The first-order valence-electron chi connectivity index (χ1n) is 7.96. The standard InChI is InChI=1S/C17H21NO5/c1-18(17(16(20)21)8-3-2-4-9-17)15(19)12-6-5-7-13-14(12)23-11-10-22-13/h5-7H,2-4,8-11H2,1H3,(H,20,21). The number of para-hydroxylation sites is 1. The molecule has 2 aliphatic rings. The highest BCUT2D eigenvalue weighted by Gasteiger charge is 2.46. The fourth-order valence-electron chi connectivity index (χ4n) is 3.45. The minimum absolute atomic E-state index is 0.336. The molecule has 1 aromatic carbocycles. The van der Waals surface area contributed by atoms with Crippen LogP contribution in [0.2, 0.25) is 0 Å². The van der Waals surface area contributed by atoms with E-state index in [0.29, 0.717) is 43.1 Å². The summed E-state index contributed by atoms with van der Waals surface area (Å²) in [5, 5.41) is 9.74. The van der Waals surface area contributed by atoms with Crippen LogP contribution in [0.15, 0.2) is 18.2 Å². The second kappa shape index (κ2) is 6.10. The lowest BCUT2D eigenvalue weighted by Gasteiger charge is -2.41. The number of carbonyl (C=O) groups is 2. The molecule has 1 fully saturated rings. The van der Waals surface area contributed by atoms with Crippen LogP contribution >= 0.6 is 0 Å². The van der Waals surface area contributed by atoms with Gasteiger partial charge in [0.25, 0.3) is 5.91 Å². The number of fused-ring (bicyclic) bond motifs is 1. The molecule has 6 heteroatoms. The maximum absolute atomic E-state index is 13.0. The summed E-state index contributed by atoms with van der Waals surface area (Å²) in [6.07, 6.45) is 3.61. The van der Waals surface area contributed by atoms with E-state index >= 15 is 0 Å². The summed E-state index contributed by atoms with van der Waals surface area (Å²) >= 11 is 0. The zero-order chi connectivity index (χ0) is 16.4. The van der Waals surface area contributed by atoms with Gasteiger partial charge in [-0.3, -0.25) is 4.79 Å². The van der Waals surface area contributed by atoms with Gasteiger partial charge < -0.3 is 19.5 Å². The number of benzene rings is 1. The molecule has 0 spiro atoms. The van der Waals surface area contributed by atoms with Crippen LogP contribution in [0.4, 0.5) is 0 Å². The number of ether oxygens (including phenoxy) is 2. The van der Waals surface area contributed by atoms with Crippen LogP contribution in [0.5, 0.6) is 11.5 Å². The Morgan fingerprint density at radius 3 is 2.52 bits per heavy atom. The summed E-state index contributed by atoms with van der Waals surface area (Å²) in [5.41, 5.74) is -0.774. The largest absolute Gasteiger partial charge is 0.486 e. The van der Waals surface area contributed by atoms with Crippen molar-refractivity contribution in [3.8, 4) is 11.5 Å². The molecule has 6 nitrogen and oxygen atoms in total. The fraction of sp³-hybridized carbons (Fsp3) is 0.529. The number of nitrogens with zero attached hydrogens (tertiary/aromatic N) is 1. The lowest BCUT2D eigenvalue weighted by molar-refractivity contribution is -0.151. The number of carboxylic acid groups (broad SMARTS) is 1. The number of carbonyl (C=O) groups excluding carboxylic acids is 1. The lowest BCUT2D eigenvalue weighted by Crippen LogP contribution is -2.56. The molecule has 1 aliphatic heterocycles. The zero-order valence-electron chi connectivity index (χ0n) is 13.2. The van der Waals surface area contributed by atoms with Crippen molar-refractivity contribution in [2.45, 2.75) is 37.6 Å². The molecule has 1 aliphatic carbocycles. The van der Waals surface area contributed by atoms with Crippen molar-refractivity contribution in [1.82, 2.24) is 4.90 Å². The van der Waals surface area contributed by atoms with E-state index in [-0.39, 0.29) is 5.91 Å². The molecule has 124 valence electrons. The van der Waals surface area contributed by atoms with Crippen molar-refractivity contribution in [3.05, 3.63) is 23.8 Å². The molecule has 0 saturated heterocycles. The van der Waals surface area contributed by atoms with E-state index in [9.17, 15) is 14.7 Å². The third-order valence-electron chi connectivity index (χ3n) is 4.82. The maximum atomic E-state index is 13.0. The summed E-state index contributed by atoms with van der Waals surface area (Å²) in [6.45, 7) is 0.824.